The van der Waals surface area contributed by atoms with Crippen molar-refractivity contribution in [2.24, 2.45) is 11.8 Å². The predicted molar refractivity (Wildman–Crippen MR) is 88.9 cm³/mol. The Bertz CT molecular complexity index is 689. The second kappa shape index (κ2) is 6.06. The van der Waals surface area contributed by atoms with Gasteiger partial charge in [0, 0.05) is 38.1 Å². The molecule has 2 aliphatic heterocycles. The van der Waals surface area contributed by atoms with Crippen molar-refractivity contribution in [3.05, 3.63) is 58.0 Å². The summed E-state index contributed by atoms with van der Waals surface area (Å²) in [4.78, 5) is 16.8. The Morgan fingerprint density at radius 1 is 1.17 bits per heavy atom. The summed E-state index contributed by atoms with van der Waals surface area (Å²) in [5.41, 5.74) is 1.84. The van der Waals surface area contributed by atoms with E-state index in [4.69, 9.17) is 0 Å². The number of thiophene rings is 1. The molecule has 0 unspecified atom stereocenters. The van der Waals surface area contributed by atoms with Crippen molar-refractivity contribution >= 4 is 17.2 Å². The van der Waals surface area contributed by atoms with Crippen LogP contribution in [0.3, 0.4) is 0 Å². The largest absolute Gasteiger partial charge is 0.338 e. The highest BCUT2D eigenvalue weighted by Gasteiger charge is 2.41. The normalized spacial score (nSPS) is 24.1. The molecule has 1 aromatic heterocycles. The molecule has 0 aliphatic carbocycles. The molecular weight excluding hydrogens is 311 g/mol. The first-order chi connectivity index (χ1) is 11.2. The molecule has 2 atom stereocenters. The van der Waals surface area contributed by atoms with Gasteiger partial charge in [-0.25, -0.2) is 4.39 Å². The van der Waals surface area contributed by atoms with Crippen molar-refractivity contribution in [1.82, 2.24) is 9.80 Å². The van der Waals surface area contributed by atoms with E-state index in [-0.39, 0.29) is 11.7 Å². The van der Waals surface area contributed by atoms with Gasteiger partial charge >= 0.3 is 0 Å². The molecule has 0 N–H and O–H groups in total. The van der Waals surface area contributed by atoms with Gasteiger partial charge in [0.2, 0.25) is 0 Å². The molecule has 0 radical (unpaired) electrons. The first-order valence-corrected chi connectivity index (χ1v) is 8.91. The Morgan fingerprint density at radius 3 is 2.61 bits per heavy atom. The lowest BCUT2D eigenvalue weighted by Gasteiger charge is -2.21. The Labute approximate surface area is 139 Å². The molecule has 3 heterocycles. The summed E-state index contributed by atoms with van der Waals surface area (Å²) in [5, 5.41) is 3.87. The molecule has 5 heteroatoms. The molecule has 2 saturated heterocycles. The van der Waals surface area contributed by atoms with E-state index in [0.717, 1.165) is 43.9 Å². The minimum absolute atomic E-state index is 0.164. The van der Waals surface area contributed by atoms with Gasteiger partial charge in [-0.15, -0.1) is 0 Å². The molecule has 2 fully saturated rings. The molecule has 1 aromatic carbocycles. The highest BCUT2D eigenvalue weighted by atomic mass is 32.1. The van der Waals surface area contributed by atoms with Gasteiger partial charge in [-0.1, -0.05) is 12.1 Å². The van der Waals surface area contributed by atoms with Crippen molar-refractivity contribution in [2.45, 2.75) is 6.54 Å². The van der Waals surface area contributed by atoms with Gasteiger partial charge < -0.3 is 4.90 Å². The third-order valence-electron chi connectivity index (χ3n) is 4.91. The van der Waals surface area contributed by atoms with Crippen LogP contribution < -0.4 is 0 Å². The highest BCUT2D eigenvalue weighted by molar-refractivity contribution is 7.08. The van der Waals surface area contributed by atoms with Crippen LogP contribution in [-0.2, 0) is 6.54 Å². The van der Waals surface area contributed by atoms with Gasteiger partial charge in [0.05, 0.1) is 5.56 Å². The average molecular weight is 330 g/mol. The fraction of sp³-hybridized carbons (Fsp3) is 0.389. The molecule has 120 valence electrons. The summed E-state index contributed by atoms with van der Waals surface area (Å²) < 4.78 is 13.3. The molecule has 0 bridgehead atoms. The molecule has 1 amide bonds. The summed E-state index contributed by atoms with van der Waals surface area (Å²) in [6.07, 6.45) is 0. The van der Waals surface area contributed by atoms with Gasteiger partial charge in [0.1, 0.15) is 5.82 Å². The Morgan fingerprint density at radius 2 is 1.96 bits per heavy atom. The van der Waals surface area contributed by atoms with Gasteiger partial charge in [-0.2, -0.15) is 11.3 Å². The Balaban J connectivity index is 1.36. The lowest BCUT2D eigenvalue weighted by molar-refractivity contribution is 0.0774. The maximum absolute atomic E-state index is 13.3. The van der Waals surface area contributed by atoms with Crippen molar-refractivity contribution in [2.75, 3.05) is 26.2 Å². The molecule has 23 heavy (non-hydrogen) atoms. The smallest absolute Gasteiger partial charge is 0.254 e. The zero-order valence-electron chi connectivity index (χ0n) is 12.8. The van der Waals surface area contributed by atoms with Gasteiger partial charge in [0.25, 0.3) is 5.91 Å². The van der Waals surface area contributed by atoms with Crippen LogP contribution in [0.5, 0.6) is 0 Å². The fourth-order valence-electron chi connectivity index (χ4n) is 3.85. The zero-order chi connectivity index (χ0) is 15.8. The summed E-state index contributed by atoms with van der Waals surface area (Å²) in [5.74, 6) is 1.09. The molecular formula is C18H19FN2OS. The quantitative estimate of drug-likeness (QED) is 0.863. The van der Waals surface area contributed by atoms with E-state index in [2.05, 4.69) is 4.90 Å². The minimum Gasteiger partial charge on any atom is -0.338 e. The zero-order valence-corrected chi connectivity index (χ0v) is 13.6. The number of rotatable bonds is 3. The topological polar surface area (TPSA) is 23.6 Å². The number of halogens is 1. The van der Waals surface area contributed by atoms with Crippen LogP contribution in [0.25, 0.3) is 0 Å². The molecule has 2 aliphatic rings. The summed E-state index contributed by atoms with van der Waals surface area (Å²) in [7, 11) is 0. The van der Waals surface area contributed by atoms with Crippen molar-refractivity contribution in [1.29, 1.82) is 0 Å². The number of nitrogens with zero attached hydrogens (tertiary/aromatic N) is 2. The summed E-state index contributed by atoms with van der Waals surface area (Å²) in [6.45, 7) is 4.48. The van der Waals surface area contributed by atoms with Gasteiger partial charge in [-0.3, -0.25) is 9.69 Å². The minimum atomic E-state index is -0.172. The first kappa shape index (κ1) is 14.8. The standard InChI is InChI=1S/C18H19FN2OS/c19-17-3-1-2-13(6-17)7-20-8-15-10-21(11-16(15)9-20)18(22)14-4-5-23-12-14/h1-6,12,15-16H,7-11H2/t15-,16-/m0/s1. The number of carbonyl (C=O) groups is 1. The van der Waals surface area contributed by atoms with Crippen LogP contribution in [0.1, 0.15) is 15.9 Å². The Hall–Kier alpha value is -1.72. The number of fused-ring (bicyclic) bond motifs is 1. The fourth-order valence-corrected chi connectivity index (χ4v) is 4.48. The third kappa shape index (κ3) is 3.03. The second-order valence-electron chi connectivity index (χ2n) is 6.57. The van der Waals surface area contributed by atoms with Crippen LogP contribution in [-0.4, -0.2) is 41.9 Å². The lowest BCUT2D eigenvalue weighted by Crippen LogP contribution is -2.32. The second-order valence-corrected chi connectivity index (χ2v) is 7.35. The van der Waals surface area contributed by atoms with E-state index in [1.54, 1.807) is 23.5 Å². The third-order valence-corrected chi connectivity index (χ3v) is 5.60. The molecule has 4 rings (SSSR count). The van der Waals surface area contributed by atoms with Crippen LogP contribution in [0.4, 0.5) is 4.39 Å². The molecule has 0 spiro atoms. The SMILES string of the molecule is O=C(c1ccsc1)N1C[C@@H]2CN(Cc3cccc(F)c3)C[C@H]2C1. The number of benzene rings is 1. The number of likely N-dealkylation sites (tertiary alicyclic amines) is 2. The van der Waals surface area contributed by atoms with Crippen molar-refractivity contribution in [3.63, 3.8) is 0 Å². The summed E-state index contributed by atoms with van der Waals surface area (Å²) in [6, 6.07) is 8.74. The number of hydrogen-bond acceptors (Lipinski definition) is 3. The monoisotopic (exact) mass is 330 g/mol. The highest BCUT2D eigenvalue weighted by Crippen LogP contribution is 2.32. The average Bonchev–Trinajstić information content (AvgIpc) is 3.22. The van der Waals surface area contributed by atoms with E-state index >= 15 is 0 Å². The van der Waals surface area contributed by atoms with Crippen molar-refractivity contribution in [3.8, 4) is 0 Å². The maximum atomic E-state index is 13.3. The van der Waals surface area contributed by atoms with E-state index in [1.165, 1.54) is 6.07 Å². The van der Waals surface area contributed by atoms with E-state index in [0.29, 0.717) is 11.8 Å². The van der Waals surface area contributed by atoms with Crippen LogP contribution in [0, 0.1) is 17.7 Å². The molecule has 0 saturated carbocycles. The number of hydrogen-bond donors (Lipinski definition) is 0. The van der Waals surface area contributed by atoms with Crippen LogP contribution in [0.2, 0.25) is 0 Å². The lowest BCUT2D eigenvalue weighted by atomic mass is 10.0. The molecule has 3 nitrogen and oxygen atoms in total. The van der Waals surface area contributed by atoms with Crippen LogP contribution >= 0.6 is 11.3 Å². The van der Waals surface area contributed by atoms with E-state index in [9.17, 15) is 9.18 Å². The van der Waals surface area contributed by atoms with E-state index < -0.39 is 0 Å². The Kier molecular flexibility index (Phi) is 3.91. The number of amides is 1. The van der Waals surface area contributed by atoms with Gasteiger partial charge in [-0.05, 0) is 41.0 Å². The molecule has 2 aromatic rings. The van der Waals surface area contributed by atoms with E-state index in [1.807, 2.05) is 27.8 Å². The maximum Gasteiger partial charge on any atom is 0.254 e. The van der Waals surface area contributed by atoms with Crippen LogP contribution in [0.15, 0.2) is 41.1 Å². The first-order valence-electron chi connectivity index (χ1n) is 7.97. The number of carbonyl (C=O) groups excluding carboxylic acids is 1. The predicted octanol–water partition coefficient (Wildman–Crippen LogP) is 3.09. The van der Waals surface area contributed by atoms with Gasteiger partial charge in [0.15, 0.2) is 0 Å². The van der Waals surface area contributed by atoms with Crippen molar-refractivity contribution < 1.29 is 9.18 Å². The summed E-state index contributed by atoms with van der Waals surface area (Å²) >= 11 is 1.56.